The van der Waals surface area contributed by atoms with Crippen molar-refractivity contribution in [3.05, 3.63) is 27.5 Å². The zero-order valence-corrected chi connectivity index (χ0v) is 13.3. The summed E-state index contributed by atoms with van der Waals surface area (Å²) in [7, 11) is 0. The molecule has 3 heterocycles. The predicted octanol–water partition coefficient (Wildman–Crippen LogP) is 2.47. The summed E-state index contributed by atoms with van der Waals surface area (Å²) < 4.78 is 0.692. The molecule has 0 saturated carbocycles. The molecule has 0 spiro atoms. The summed E-state index contributed by atoms with van der Waals surface area (Å²) in [5.74, 6) is -0.675. The number of carbonyl (C=O) groups excluding carboxylic acids is 2. The first-order valence-corrected chi connectivity index (χ1v) is 8.36. The van der Waals surface area contributed by atoms with E-state index >= 15 is 0 Å². The van der Waals surface area contributed by atoms with E-state index in [1.165, 1.54) is 22.7 Å². The lowest BCUT2D eigenvalue weighted by Crippen LogP contribution is -2.31. The van der Waals surface area contributed by atoms with Gasteiger partial charge in [0.2, 0.25) is 5.91 Å². The molecule has 110 valence electrons. The summed E-state index contributed by atoms with van der Waals surface area (Å²) >= 11 is 8.67. The molecule has 2 aromatic heterocycles. The third kappa shape index (κ3) is 2.95. The number of nitrogens with zero attached hydrogens (tertiary/aromatic N) is 2. The maximum Gasteiger partial charge on any atom is 0.265 e. The molecule has 3 rings (SSSR count). The molecule has 2 N–H and O–H groups in total. The van der Waals surface area contributed by atoms with Crippen LogP contribution in [0.4, 0.5) is 0 Å². The maximum atomic E-state index is 12.4. The molecule has 1 fully saturated rings. The number of amides is 2. The molecule has 1 unspecified atom stereocenters. The highest BCUT2D eigenvalue weighted by Gasteiger charge is 2.31. The first-order valence-electron chi connectivity index (χ1n) is 6.34. The van der Waals surface area contributed by atoms with Gasteiger partial charge in [-0.2, -0.15) is 0 Å². The first-order chi connectivity index (χ1) is 10.0. The average Bonchev–Trinajstić information content (AvgIpc) is 3.17. The number of hydrogen-bond acceptors (Lipinski definition) is 5. The molecule has 0 aromatic carbocycles. The van der Waals surface area contributed by atoms with Gasteiger partial charge in [0.25, 0.3) is 5.91 Å². The van der Waals surface area contributed by atoms with Crippen LogP contribution in [0.25, 0.3) is 9.88 Å². The van der Waals surface area contributed by atoms with Crippen LogP contribution in [0, 0.1) is 5.92 Å². The minimum atomic E-state index is -0.344. The summed E-state index contributed by atoms with van der Waals surface area (Å²) in [4.78, 5) is 31.0. The zero-order valence-electron chi connectivity index (χ0n) is 10.9. The van der Waals surface area contributed by atoms with E-state index in [2.05, 4.69) is 4.98 Å². The summed E-state index contributed by atoms with van der Waals surface area (Å²) in [6, 6.07) is 3.70. The van der Waals surface area contributed by atoms with E-state index in [-0.39, 0.29) is 17.7 Å². The van der Waals surface area contributed by atoms with Gasteiger partial charge in [0, 0.05) is 13.1 Å². The summed E-state index contributed by atoms with van der Waals surface area (Å²) in [5, 5.41) is 0.779. The lowest BCUT2D eigenvalue weighted by atomic mass is 10.1. The number of thiophene rings is 1. The van der Waals surface area contributed by atoms with Crippen LogP contribution in [0.1, 0.15) is 16.1 Å². The Morgan fingerprint density at radius 2 is 2.19 bits per heavy atom. The molecule has 0 aliphatic carbocycles. The average molecular weight is 342 g/mol. The monoisotopic (exact) mass is 341 g/mol. The lowest BCUT2D eigenvalue weighted by Gasteiger charge is -2.14. The zero-order chi connectivity index (χ0) is 15.0. The highest BCUT2D eigenvalue weighted by atomic mass is 35.5. The van der Waals surface area contributed by atoms with Crippen LogP contribution in [0.3, 0.4) is 0 Å². The van der Waals surface area contributed by atoms with Gasteiger partial charge in [-0.15, -0.1) is 22.7 Å². The second-order valence-electron chi connectivity index (χ2n) is 4.77. The van der Waals surface area contributed by atoms with Crippen LogP contribution in [0.2, 0.25) is 4.34 Å². The molecule has 5 nitrogen and oxygen atoms in total. The maximum absolute atomic E-state index is 12.4. The Kier molecular flexibility index (Phi) is 3.97. The quantitative estimate of drug-likeness (QED) is 0.931. The Hall–Kier alpha value is -1.44. The van der Waals surface area contributed by atoms with Crippen molar-refractivity contribution in [1.82, 2.24) is 9.88 Å². The topological polar surface area (TPSA) is 76.3 Å². The van der Waals surface area contributed by atoms with Crippen LogP contribution in [0.15, 0.2) is 18.3 Å². The fourth-order valence-electron chi connectivity index (χ4n) is 2.25. The summed E-state index contributed by atoms with van der Waals surface area (Å²) in [6.07, 6.45) is 2.21. The number of aromatic nitrogens is 1. The summed E-state index contributed by atoms with van der Waals surface area (Å²) in [6.45, 7) is 0.955. The van der Waals surface area contributed by atoms with Crippen LogP contribution in [0.5, 0.6) is 0 Å². The Bertz CT molecular complexity index is 697. The van der Waals surface area contributed by atoms with Crippen molar-refractivity contribution in [2.75, 3.05) is 13.1 Å². The van der Waals surface area contributed by atoms with E-state index in [4.69, 9.17) is 17.3 Å². The summed E-state index contributed by atoms with van der Waals surface area (Å²) in [5.41, 5.74) is 5.28. The van der Waals surface area contributed by atoms with Crippen molar-refractivity contribution in [2.24, 2.45) is 11.7 Å². The number of hydrogen-bond donors (Lipinski definition) is 1. The van der Waals surface area contributed by atoms with Crippen LogP contribution >= 0.6 is 34.3 Å². The van der Waals surface area contributed by atoms with Crippen molar-refractivity contribution in [2.45, 2.75) is 6.42 Å². The van der Waals surface area contributed by atoms with E-state index in [1.807, 2.05) is 12.1 Å². The molecule has 1 aliphatic rings. The number of likely N-dealkylation sites (tertiary alicyclic amines) is 1. The number of thiazole rings is 1. The molecule has 21 heavy (non-hydrogen) atoms. The molecular weight excluding hydrogens is 330 g/mol. The van der Waals surface area contributed by atoms with Gasteiger partial charge in [-0.05, 0) is 18.6 Å². The van der Waals surface area contributed by atoms with Gasteiger partial charge < -0.3 is 10.6 Å². The largest absolute Gasteiger partial charge is 0.369 e. The van der Waals surface area contributed by atoms with Gasteiger partial charge in [0.1, 0.15) is 9.88 Å². The SMILES string of the molecule is NC(=O)C1CCN(C(=O)c2cnc(-c3ccc(Cl)s3)s2)C1. The molecule has 8 heteroatoms. The normalized spacial score (nSPS) is 18.1. The predicted molar refractivity (Wildman–Crippen MR) is 83.6 cm³/mol. The Labute approximate surface area is 134 Å². The fraction of sp³-hybridized carbons (Fsp3) is 0.308. The van der Waals surface area contributed by atoms with Gasteiger partial charge in [-0.3, -0.25) is 9.59 Å². The van der Waals surface area contributed by atoms with Gasteiger partial charge in [0.15, 0.2) is 0 Å². The van der Waals surface area contributed by atoms with E-state index in [0.29, 0.717) is 28.7 Å². The fourth-order valence-corrected chi connectivity index (χ4v) is 4.24. The molecule has 2 amide bonds. The molecule has 0 bridgehead atoms. The number of carbonyl (C=O) groups is 2. The Morgan fingerprint density at radius 1 is 1.38 bits per heavy atom. The molecule has 0 radical (unpaired) electrons. The van der Waals surface area contributed by atoms with Crippen molar-refractivity contribution in [3.8, 4) is 9.88 Å². The van der Waals surface area contributed by atoms with E-state index in [1.54, 1.807) is 11.1 Å². The Morgan fingerprint density at radius 3 is 2.81 bits per heavy atom. The standard InChI is InChI=1S/C13H12ClN3O2S2/c14-10-2-1-8(20-10)12-16-5-9(21-12)13(19)17-4-3-7(6-17)11(15)18/h1-2,5,7H,3-4,6H2,(H2,15,18). The van der Waals surface area contributed by atoms with Crippen LogP contribution in [-0.4, -0.2) is 34.8 Å². The van der Waals surface area contributed by atoms with E-state index in [9.17, 15) is 9.59 Å². The van der Waals surface area contributed by atoms with Gasteiger partial charge in [-0.25, -0.2) is 4.98 Å². The number of primary amides is 1. The highest BCUT2D eigenvalue weighted by molar-refractivity contribution is 7.24. The van der Waals surface area contributed by atoms with Crippen LogP contribution < -0.4 is 5.73 Å². The molecule has 2 aromatic rings. The highest BCUT2D eigenvalue weighted by Crippen LogP contribution is 2.34. The van der Waals surface area contributed by atoms with Crippen molar-refractivity contribution in [3.63, 3.8) is 0 Å². The molecular formula is C13H12ClN3O2S2. The lowest BCUT2D eigenvalue weighted by molar-refractivity contribution is -0.121. The number of halogens is 1. The number of nitrogens with two attached hydrogens (primary N) is 1. The molecule has 1 saturated heterocycles. The van der Waals surface area contributed by atoms with Gasteiger partial charge in [-0.1, -0.05) is 11.6 Å². The van der Waals surface area contributed by atoms with Crippen molar-refractivity contribution in [1.29, 1.82) is 0 Å². The van der Waals surface area contributed by atoms with Crippen molar-refractivity contribution >= 4 is 46.1 Å². The molecule has 1 aliphatic heterocycles. The van der Waals surface area contributed by atoms with Gasteiger partial charge in [0.05, 0.1) is 21.3 Å². The first kappa shape index (κ1) is 14.5. The number of rotatable bonds is 3. The minimum absolute atomic E-state index is 0.0925. The Balaban J connectivity index is 1.74. The van der Waals surface area contributed by atoms with E-state index in [0.717, 1.165) is 9.88 Å². The smallest absolute Gasteiger partial charge is 0.265 e. The van der Waals surface area contributed by atoms with Crippen molar-refractivity contribution < 1.29 is 9.59 Å². The second-order valence-corrected chi connectivity index (χ2v) is 7.52. The second kappa shape index (κ2) is 5.75. The van der Waals surface area contributed by atoms with Crippen LogP contribution in [-0.2, 0) is 4.79 Å². The molecule has 1 atom stereocenters. The van der Waals surface area contributed by atoms with Gasteiger partial charge >= 0.3 is 0 Å². The minimum Gasteiger partial charge on any atom is -0.369 e. The van der Waals surface area contributed by atoms with E-state index < -0.39 is 0 Å². The third-order valence-electron chi connectivity index (χ3n) is 3.38. The third-order valence-corrected chi connectivity index (χ3v) is 5.76.